The molecule has 0 spiro atoms. The molecule has 1 aromatic carbocycles. The second-order valence-electron chi connectivity index (χ2n) is 8.38. The number of anilines is 1. The van der Waals surface area contributed by atoms with Gasteiger partial charge >= 0.3 is 0 Å². The van der Waals surface area contributed by atoms with Crippen LogP contribution in [0.25, 0.3) is 21.9 Å². The fourth-order valence-corrected chi connectivity index (χ4v) is 4.70. The molecule has 1 fully saturated rings. The van der Waals surface area contributed by atoms with Crippen LogP contribution in [-0.4, -0.2) is 25.7 Å². The molecule has 1 amide bonds. The lowest BCUT2D eigenvalue weighted by Crippen LogP contribution is -2.16. The van der Waals surface area contributed by atoms with Gasteiger partial charge in [-0.15, -0.1) is 0 Å². The van der Waals surface area contributed by atoms with E-state index >= 15 is 4.39 Å². The van der Waals surface area contributed by atoms with Crippen LogP contribution in [0.5, 0.6) is 0 Å². The second kappa shape index (κ2) is 7.67. The van der Waals surface area contributed by atoms with E-state index in [-0.39, 0.29) is 28.7 Å². The minimum absolute atomic E-state index is 0.00131. The first-order chi connectivity index (χ1) is 15.3. The standard InChI is InChI=1S/C24H21ClFN5O/c1-12-4-5-27-9-17(12)16-6-14-7-19(28-10-18(14)22(25)23(16)26)30-24(32)21-13(2)20(21)15-8-29-31(3)11-15/h4-11,13,20-21H,1-3H3,(H,28,30,32). The molecule has 8 heteroatoms. The van der Waals surface area contributed by atoms with E-state index in [0.29, 0.717) is 27.7 Å². The molecule has 1 saturated carbocycles. The van der Waals surface area contributed by atoms with Crippen LogP contribution in [0.2, 0.25) is 5.02 Å². The van der Waals surface area contributed by atoms with Crippen LogP contribution >= 0.6 is 11.6 Å². The lowest BCUT2D eigenvalue weighted by Gasteiger charge is -2.12. The van der Waals surface area contributed by atoms with E-state index in [4.69, 9.17) is 11.6 Å². The summed E-state index contributed by atoms with van der Waals surface area (Å²) in [5.41, 5.74) is 2.98. The number of nitrogens with zero attached hydrogens (tertiary/aromatic N) is 4. The molecule has 32 heavy (non-hydrogen) atoms. The van der Waals surface area contributed by atoms with Gasteiger partial charge in [0.05, 0.1) is 11.2 Å². The number of hydrogen-bond acceptors (Lipinski definition) is 4. The summed E-state index contributed by atoms with van der Waals surface area (Å²) >= 11 is 6.33. The third-order valence-electron chi connectivity index (χ3n) is 6.27. The lowest BCUT2D eigenvalue weighted by molar-refractivity contribution is -0.117. The van der Waals surface area contributed by atoms with Crippen molar-refractivity contribution in [3.63, 3.8) is 0 Å². The highest BCUT2D eigenvalue weighted by Crippen LogP contribution is 2.54. The zero-order chi connectivity index (χ0) is 22.6. The van der Waals surface area contributed by atoms with Crippen molar-refractivity contribution < 1.29 is 9.18 Å². The van der Waals surface area contributed by atoms with Crippen LogP contribution in [0.1, 0.15) is 24.0 Å². The monoisotopic (exact) mass is 449 g/mol. The van der Waals surface area contributed by atoms with Gasteiger partial charge in [0.2, 0.25) is 5.91 Å². The van der Waals surface area contributed by atoms with Crippen molar-refractivity contribution in [2.24, 2.45) is 18.9 Å². The maximum Gasteiger partial charge on any atom is 0.229 e. The average Bonchev–Trinajstić information content (AvgIpc) is 3.25. The number of aromatic nitrogens is 4. The predicted molar refractivity (Wildman–Crippen MR) is 122 cm³/mol. The Kier molecular flexibility index (Phi) is 4.93. The van der Waals surface area contributed by atoms with Crippen molar-refractivity contribution in [3.8, 4) is 11.1 Å². The first kappa shape index (κ1) is 20.6. The van der Waals surface area contributed by atoms with Crippen molar-refractivity contribution in [1.82, 2.24) is 19.7 Å². The molecule has 1 N–H and O–H groups in total. The molecule has 6 nitrogen and oxygen atoms in total. The minimum atomic E-state index is -0.514. The summed E-state index contributed by atoms with van der Waals surface area (Å²) in [6, 6.07) is 5.26. The average molecular weight is 450 g/mol. The molecule has 0 bridgehead atoms. The number of carbonyl (C=O) groups excluding carboxylic acids is 1. The van der Waals surface area contributed by atoms with Crippen LogP contribution in [0.4, 0.5) is 10.2 Å². The molecular weight excluding hydrogens is 429 g/mol. The van der Waals surface area contributed by atoms with Crippen molar-refractivity contribution >= 4 is 34.1 Å². The first-order valence-corrected chi connectivity index (χ1v) is 10.7. The number of carbonyl (C=O) groups is 1. The largest absolute Gasteiger partial charge is 0.310 e. The maximum atomic E-state index is 15.0. The van der Waals surface area contributed by atoms with Crippen molar-refractivity contribution in [2.45, 2.75) is 19.8 Å². The van der Waals surface area contributed by atoms with Crippen molar-refractivity contribution in [1.29, 1.82) is 0 Å². The molecule has 3 unspecified atom stereocenters. The summed E-state index contributed by atoms with van der Waals surface area (Å²) in [4.78, 5) is 21.3. The van der Waals surface area contributed by atoms with E-state index in [1.54, 1.807) is 35.4 Å². The van der Waals surface area contributed by atoms with Crippen LogP contribution in [-0.2, 0) is 11.8 Å². The third-order valence-corrected chi connectivity index (χ3v) is 6.64. The Labute approximate surface area is 189 Å². The van der Waals surface area contributed by atoms with Crippen molar-refractivity contribution in [3.05, 3.63) is 71.2 Å². The third kappa shape index (κ3) is 3.42. The van der Waals surface area contributed by atoms with Gasteiger partial charge in [0.1, 0.15) is 11.6 Å². The quantitative estimate of drug-likeness (QED) is 0.469. The smallest absolute Gasteiger partial charge is 0.229 e. The van der Waals surface area contributed by atoms with Gasteiger partial charge in [-0.2, -0.15) is 5.10 Å². The fraction of sp³-hybridized carbons (Fsp3) is 0.250. The summed E-state index contributed by atoms with van der Waals surface area (Å²) < 4.78 is 16.7. The van der Waals surface area contributed by atoms with Crippen LogP contribution in [0.15, 0.2) is 49.2 Å². The van der Waals surface area contributed by atoms with Crippen LogP contribution in [0.3, 0.4) is 0 Å². The Morgan fingerprint density at radius 1 is 1.22 bits per heavy atom. The van der Waals surface area contributed by atoms with Gasteiger partial charge in [0.15, 0.2) is 0 Å². The van der Waals surface area contributed by atoms with Gasteiger partial charge in [0, 0.05) is 60.2 Å². The predicted octanol–water partition coefficient (Wildman–Crippen LogP) is 5.12. The van der Waals surface area contributed by atoms with Gasteiger partial charge in [0.25, 0.3) is 0 Å². The van der Waals surface area contributed by atoms with Crippen LogP contribution in [0, 0.1) is 24.6 Å². The van der Waals surface area contributed by atoms with Gasteiger partial charge in [-0.05, 0) is 47.6 Å². The Balaban J connectivity index is 1.45. The number of aryl methyl sites for hydroxylation is 2. The van der Waals surface area contributed by atoms with E-state index in [2.05, 4.69) is 27.3 Å². The molecule has 3 atom stereocenters. The Morgan fingerprint density at radius 2 is 2.03 bits per heavy atom. The fourth-order valence-electron chi connectivity index (χ4n) is 4.44. The van der Waals surface area contributed by atoms with E-state index < -0.39 is 5.82 Å². The van der Waals surface area contributed by atoms with E-state index in [0.717, 1.165) is 11.1 Å². The highest BCUT2D eigenvalue weighted by molar-refractivity contribution is 6.36. The molecule has 0 aliphatic heterocycles. The number of pyridine rings is 2. The number of hydrogen-bond donors (Lipinski definition) is 1. The highest BCUT2D eigenvalue weighted by Gasteiger charge is 2.52. The number of nitrogens with one attached hydrogen (secondary N) is 1. The van der Waals surface area contributed by atoms with Crippen LogP contribution < -0.4 is 5.32 Å². The molecule has 3 heterocycles. The molecule has 1 aliphatic rings. The summed E-state index contributed by atoms with van der Waals surface area (Å²) in [6.07, 6.45) is 8.52. The minimum Gasteiger partial charge on any atom is -0.310 e. The maximum absolute atomic E-state index is 15.0. The first-order valence-electron chi connectivity index (χ1n) is 10.3. The molecule has 0 saturated heterocycles. The van der Waals surface area contributed by atoms with Gasteiger partial charge in [-0.1, -0.05) is 18.5 Å². The number of rotatable bonds is 4. The zero-order valence-corrected chi connectivity index (χ0v) is 18.6. The van der Waals surface area contributed by atoms with E-state index in [1.165, 1.54) is 6.20 Å². The number of amides is 1. The van der Waals surface area contributed by atoms with E-state index in [1.807, 2.05) is 26.2 Å². The summed E-state index contributed by atoms with van der Waals surface area (Å²) in [7, 11) is 1.86. The Morgan fingerprint density at radius 3 is 2.75 bits per heavy atom. The summed E-state index contributed by atoms with van der Waals surface area (Å²) in [5, 5.41) is 8.29. The van der Waals surface area contributed by atoms with Crippen molar-refractivity contribution in [2.75, 3.05) is 5.32 Å². The zero-order valence-electron chi connectivity index (χ0n) is 17.8. The highest BCUT2D eigenvalue weighted by atomic mass is 35.5. The summed E-state index contributed by atoms with van der Waals surface area (Å²) in [5.74, 6) is 0.0381. The van der Waals surface area contributed by atoms with Gasteiger partial charge in [-0.3, -0.25) is 14.5 Å². The molecule has 162 valence electrons. The topological polar surface area (TPSA) is 72.7 Å². The SMILES string of the molecule is Cc1ccncc1-c1cc2cc(NC(=O)C3C(C)C3c3cnn(C)c3)ncc2c(Cl)c1F. The lowest BCUT2D eigenvalue weighted by atomic mass is 9.99. The molecule has 5 rings (SSSR count). The molecule has 3 aromatic heterocycles. The van der Waals surface area contributed by atoms with Gasteiger partial charge < -0.3 is 5.32 Å². The normalized spacial score (nSPS) is 19.8. The molecule has 1 aliphatic carbocycles. The number of halogens is 2. The Bertz CT molecular complexity index is 1370. The molecule has 0 radical (unpaired) electrons. The number of fused-ring (bicyclic) bond motifs is 1. The Hall–Kier alpha value is -3.32. The second-order valence-corrected chi connectivity index (χ2v) is 8.76. The van der Waals surface area contributed by atoms with Gasteiger partial charge in [-0.25, -0.2) is 9.37 Å². The van der Waals surface area contributed by atoms with E-state index in [9.17, 15) is 4.79 Å². The number of benzene rings is 1. The molecular formula is C24H21ClFN5O. The summed E-state index contributed by atoms with van der Waals surface area (Å²) in [6.45, 7) is 3.95. The molecule has 4 aromatic rings.